The van der Waals surface area contributed by atoms with E-state index in [1.807, 2.05) is 32.0 Å². The van der Waals surface area contributed by atoms with E-state index >= 15 is 0 Å². The minimum atomic E-state index is -3.96. The van der Waals surface area contributed by atoms with E-state index in [2.05, 4.69) is 10.6 Å². The lowest BCUT2D eigenvalue weighted by Crippen LogP contribution is -2.43. The van der Waals surface area contributed by atoms with Crippen LogP contribution in [0.3, 0.4) is 0 Å². The Balaban J connectivity index is 1.62. The maximum Gasteiger partial charge on any atom is 0.265 e. The van der Waals surface area contributed by atoms with Gasteiger partial charge in [0.2, 0.25) is 15.9 Å². The van der Waals surface area contributed by atoms with Gasteiger partial charge in [0.1, 0.15) is 11.8 Å². The molecular formula is C23H27N3O5S. The van der Waals surface area contributed by atoms with Crippen LogP contribution in [-0.2, 0) is 19.6 Å². The number of aryl methyl sites for hydroxylation is 3. The van der Waals surface area contributed by atoms with Crippen LogP contribution in [-0.4, -0.2) is 43.2 Å². The largest absolute Gasteiger partial charge is 0.479 e. The topological polar surface area (TPSA) is 105 Å². The highest BCUT2D eigenvalue weighted by atomic mass is 32.2. The first-order chi connectivity index (χ1) is 15.1. The van der Waals surface area contributed by atoms with E-state index in [4.69, 9.17) is 4.74 Å². The molecule has 0 spiro atoms. The molecule has 0 aliphatic carbocycles. The predicted octanol–water partition coefficient (Wildman–Crippen LogP) is 3.12. The summed E-state index contributed by atoms with van der Waals surface area (Å²) in [5.74, 6) is -0.325. The van der Waals surface area contributed by atoms with Crippen LogP contribution in [0.15, 0.2) is 35.2 Å². The van der Waals surface area contributed by atoms with Gasteiger partial charge in [0, 0.05) is 18.3 Å². The van der Waals surface area contributed by atoms with Gasteiger partial charge < -0.3 is 15.4 Å². The zero-order valence-electron chi connectivity index (χ0n) is 18.6. The Hall–Kier alpha value is -2.91. The number of hydrogen-bond acceptors (Lipinski definition) is 5. The standard InChI is InChI=1S/C23H27N3O5S/c1-13-7-8-17(10-14(13)2)24-23(28)19-6-5-9-26(19)32(29,30)21-12-20-18(11-15(21)3)25-22(27)16(4)31-20/h7-8,10-12,16,19H,5-6,9H2,1-4H3,(H,24,28)(H,25,27)/t16-,19-/m1/s1. The van der Waals surface area contributed by atoms with Crippen LogP contribution >= 0.6 is 0 Å². The Kier molecular flexibility index (Phi) is 5.72. The first kappa shape index (κ1) is 22.3. The number of hydrogen-bond donors (Lipinski definition) is 2. The van der Waals surface area contributed by atoms with Crippen LogP contribution in [0.1, 0.15) is 36.5 Å². The average Bonchev–Trinajstić information content (AvgIpc) is 3.22. The molecule has 1 saturated heterocycles. The molecule has 32 heavy (non-hydrogen) atoms. The second kappa shape index (κ2) is 8.22. The van der Waals surface area contributed by atoms with Crippen molar-refractivity contribution in [1.29, 1.82) is 0 Å². The van der Waals surface area contributed by atoms with Crippen molar-refractivity contribution >= 4 is 33.2 Å². The quantitative estimate of drug-likeness (QED) is 0.734. The van der Waals surface area contributed by atoms with Crippen molar-refractivity contribution < 1.29 is 22.7 Å². The van der Waals surface area contributed by atoms with Crippen molar-refractivity contribution in [3.63, 3.8) is 0 Å². The van der Waals surface area contributed by atoms with Gasteiger partial charge in [0.15, 0.2) is 6.10 Å². The molecule has 0 aromatic heterocycles. The molecule has 2 atom stereocenters. The SMILES string of the molecule is Cc1ccc(NC(=O)[C@H]2CCCN2S(=O)(=O)c2cc3c(cc2C)NC(=O)[C@@H](C)O3)cc1C. The lowest BCUT2D eigenvalue weighted by atomic mass is 10.1. The van der Waals surface area contributed by atoms with Crippen LogP contribution in [0.4, 0.5) is 11.4 Å². The second-order valence-electron chi connectivity index (χ2n) is 8.43. The first-order valence-corrected chi connectivity index (χ1v) is 12.0. The summed E-state index contributed by atoms with van der Waals surface area (Å²) in [6.07, 6.45) is 0.324. The Morgan fingerprint density at radius 3 is 2.59 bits per heavy atom. The average molecular weight is 458 g/mol. The third-order valence-electron chi connectivity index (χ3n) is 6.08. The maximum absolute atomic E-state index is 13.6. The lowest BCUT2D eigenvalue weighted by Gasteiger charge is -2.27. The number of nitrogens with zero attached hydrogens (tertiary/aromatic N) is 1. The van der Waals surface area contributed by atoms with Gasteiger partial charge in [-0.15, -0.1) is 0 Å². The fourth-order valence-electron chi connectivity index (χ4n) is 4.08. The molecule has 9 heteroatoms. The lowest BCUT2D eigenvalue weighted by molar-refractivity contribution is -0.122. The van der Waals surface area contributed by atoms with Crippen molar-refractivity contribution in [2.24, 2.45) is 0 Å². The number of ether oxygens (including phenoxy) is 1. The Bertz CT molecular complexity index is 1210. The monoisotopic (exact) mass is 457 g/mol. The van der Waals surface area contributed by atoms with Gasteiger partial charge in [-0.25, -0.2) is 8.42 Å². The molecule has 2 aliphatic rings. The number of anilines is 2. The van der Waals surface area contributed by atoms with Crippen LogP contribution in [0.25, 0.3) is 0 Å². The molecule has 8 nitrogen and oxygen atoms in total. The van der Waals surface area contributed by atoms with Gasteiger partial charge >= 0.3 is 0 Å². The van der Waals surface area contributed by atoms with Gasteiger partial charge in [0.25, 0.3) is 5.91 Å². The number of amides is 2. The molecule has 0 unspecified atom stereocenters. The molecule has 0 saturated carbocycles. The fourth-order valence-corrected chi connectivity index (χ4v) is 5.96. The van der Waals surface area contributed by atoms with Gasteiger partial charge in [-0.2, -0.15) is 4.31 Å². The Morgan fingerprint density at radius 1 is 1.12 bits per heavy atom. The minimum Gasteiger partial charge on any atom is -0.479 e. The van der Waals surface area contributed by atoms with E-state index in [0.29, 0.717) is 35.5 Å². The number of carbonyl (C=O) groups is 2. The Morgan fingerprint density at radius 2 is 1.88 bits per heavy atom. The molecule has 1 fully saturated rings. The molecule has 2 N–H and O–H groups in total. The zero-order valence-corrected chi connectivity index (χ0v) is 19.4. The van der Waals surface area contributed by atoms with Crippen molar-refractivity contribution in [2.75, 3.05) is 17.2 Å². The zero-order chi connectivity index (χ0) is 23.2. The predicted molar refractivity (Wildman–Crippen MR) is 121 cm³/mol. The maximum atomic E-state index is 13.6. The number of benzene rings is 2. The molecule has 2 aliphatic heterocycles. The minimum absolute atomic E-state index is 0.0745. The first-order valence-electron chi connectivity index (χ1n) is 10.6. The van der Waals surface area contributed by atoms with E-state index in [9.17, 15) is 18.0 Å². The second-order valence-corrected chi connectivity index (χ2v) is 10.3. The summed E-state index contributed by atoms with van der Waals surface area (Å²) in [4.78, 5) is 24.9. The third-order valence-corrected chi connectivity index (χ3v) is 8.13. The highest BCUT2D eigenvalue weighted by molar-refractivity contribution is 7.89. The van der Waals surface area contributed by atoms with Gasteiger partial charge in [-0.3, -0.25) is 9.59 Å². The number of sulfonamides is 1. The highest BCUT2D eigenvalue weighted by Crippen LogP contribution is 2.37. The van der Waals surface area contributed by atoms with Crippen LogP contribution < -0.4 is 15.4 Å². The van der Waals surface area contributed by atoms with Gasteiger partial charge in [-0.1, -0.05) is 6.07 Å². The molecule has 2 aromatic carbocycles. The van der Waals surface area contributed by atoms with E-state index in [1.54, 1.807) is 19.9 Å². The smallest absolute Gasteiger partial charge is 0.265 e. The molecule has 0 radical (unpaired) electrons. The van der Waals surface area contributed by atoms with Crippen molar-refractivity contribution in [1.82, 2.24) is 4.31 Å². The number of rotatable bonds is 4. The summed E-state index contributed by atoms with van der Waals surface area (Å²) in [5.41, 5.74) is 3.72. The van der Waals surface area contributed by atoms with E-state index in [-0.39, 0.29) is 23.3 Å². The van der Waals surface area contributed by atoms with E-state index < -0.39 is 22.2 Å². The molecule has 2 aromatic rings. The molecule has 170 valence electrons. The van der Waals surface area contributed by atoms with Gasteiger partial charge in [0.05, 0.1) is 10.6 Å². The van der Waals surface area contributed by atoms with Crippen LogP contribution in [0.2, 0.25) is 0 Å². The number of nitrogens with one attached hydrogen (secondary N) is 2. The summed E-state index contributed by atoms with van der Waals surface area (Å²) in [5, 5.41) is 5.59. The van der Waals surface area contributed by atoms with E-state index in [0.717, 1.165) is 11.1 Å². The molecule has 2 heterocycles. The van der Waals surface area contributed by atoms with Crippen LogP contribution in [0.5, 0.6) is 5.75 Å². The number of carbonyl (C=O) groups excluding carboxylic acids is 2. The van der Waals surface area contributed by atoms with E-state index in [1.165, 1.54) is 10.4 Å². The van der Waals surface area contributed by atoms with Crippen molar-refractivity contribution in [3.05, 3.63) is 47.0 Å². The molecular weight excluding hydrogens is 430 g/mol. The molecule has 2 amide bonds. The van der Waals surface area contributed by atoms with Crippen LogP contribution in [0, 0.1) is 20.8 Å². The Labute approximate surface area is 188 Å². The van der Waals surface area contributed by atoms with Crippen molar-refractivity contribution in [3.8, 4) is 5.75 Å². The molecule has 4 rings (SSSR count). The van der Waals surface area contributed by atoms with Gasteiger partial charge in [-0.05, 0) is 75.4 Å². The summed E-state index contributed by atoms with van der Waals surface area (Å²) < 4.78 is 34.0. The summed E-state index contributed by atoms with van der Waals surface area (Å²) in [6.45, 7) is 7.47. The highest BCUT2D eigenvalue weighted by Gasteiger charge is 2.40. The number of fused-ring (bicyclic) bond motifs is 1. The van der Waals surface area contributed by atoms with Crippen molar-refractivity contribution in [2.45, 2.75) is 57.6 Å². The third kappa shape index (κ3) is 3.98. The fraction of sp³-hybridized carbons (Fsp3) is 0.391. The normalized spacial score (nSPS) is 20.9. The summed E-state index contributed by atoms with van der Waals surface area (Å²) >= 11 is 0. The summed E-state index contributed by atoms with van der Waals surface area (Å²) in [7, 11) is -3.96. The summed E-state index contributed by atoms with van der Waals surface area (Å²) in [6, 6.07) is 7.84. The molecule has 0 bridgehead atoms.